The summed E-state index contributed by atoms with van der Waals surface area (Å²) < 4.78 is 1.25. The van der Waals surface area contributed by atoms with Gasteiger partial charge in [0.2, 0.25) is 0 Å². The number of allylic oxidation sites excluding steroid dienone is 2. The van der Waals surface area contributed by atoms with Crippen LogP contribution in [-0.2, 0) is 0 Å². The molecule has 0 amide bonds. The summed E-state index contributed by atoms with van der Waals surface area (Å²) in [5, 5.41) is 5.02. The van der Waals surface area contributed by atoms with Gasteiger partial charge in [-0.05, 0) is 58.2 Å². The first-order chi connectivity index (χ1) is 10.7. The lowest BCUT2D eigenvalue weighted by molar-refractivity contribution is 0.425. The minimum atomic E-state index is 0.189. The molecule has 2 aromatic carbocycles. The van der Waals surface area contributed by atoms with Crippen LogP contribution in [0, 0.1) is 9.49 Å². The van der Waals surface area contributed by atoms with E-state index < -0.39 is 0 Å². The Kier molecular flexibility index (Phi) is 3.87. The predicted octanol–water partition coefficient (Wildman–Crippen LogP) is 6.42. The van der Waals surface area contributed by atoms with Crippen molar-refractivity contribution < 1.29 is 0 Å². The maximum atomic E-state index is 6.49. The average molecular weight is 442 g/mol. The second-order valence-corrected chi connectivity index (χ2v) is 7.77. The summed E-state index contributed by atoms with van der Waals surface area (Å²) in [5.41, 5.74) is 3.72. The number of anilines is 1. The van der Waals surface area contributed by atoms with Crippen LogP contribution in [0.5, 0.6) is 0 Å². The van der Waals surface area contributed by atoms with Gasteiger partial charge in [0.15, 0.2) is 0 Å². The molecule has 0 fully saturated rings. The third-order valence-corrected chi connectivity index (χ3v) is 6.39. The molecule has 0 saturated carbocycles. The first-order valence-electron chi connectivity index (χ1n) is 7.32. The van der Waals surface area contributed by atoms with Crippen molar-refractivity contribution in [3.05, 3.63) is 73.3 Å². The van der Waals surface area contributed by atoms with Crippen LogP contribution in [0.2, 0.25) is 10.0 Å². The molecule has 0 bridgehead atoms. The summed E-state index contributed by atoms with van der Waals surface area (Å²) in [4.78, 5) is 0. The fourth-order valence-electron chi connectivity index (χ4n) is 3.65. The second-order valence-electron chi connectivity index (χ2n) is 5.82. The highest BCUT2D eigenvalue weighted by atomic mass is 127. The first kappa shape index (κ1) is 14.9. The van der Waals surface area contributed by atoms with E-state index in [1.807, 2.05) is 12.1 Å². The first-order valence-corrected chi connectivity index (χ1v) is 9.16. The normalized spacial score (nSPS) is 25.5. The summed E-state index contributed by atoms with van der Waals surface area (Å²) in [6.45, 7) is 0. The molecule has 4 rings (SSSR count). The smallest absolute Gasteiger partial charge is 0.0645 e. The second kappa shape index (κ2) is 5.73. The minimum Gasteiger partial charge on any atom is -0.377 e. The zero-order chi connectivity index (χ0) is 15.3. The highest BCUT2D eigenvalue weighted by molar-refractivity contribution is 14.1. The summed E-state index contributed by atoms with van der Waals surface area (Å²) in [7, 11) is 0. The Labute approximate surface area is 153 Å². The van der Waals surface area contributed by atoms with Crippen LogP contribution in [0.1, 0.15) is 29.5 Å². The zero-order valence-corrected chi connectivity index (χ0v) is 15.4. The Morgan fingerprint density at radius 3 is 2.68 bits per heavy atom. The Morgan fingerprint density at radius 1 is 1.05 bits per heavy atom. The van der Waals surface area contributed by atoms with E-state index in [1.165, 1.54) is 14.8 Å². The largest absolute Gasteiger partial charge is 0.377 e. The maximum absolute atomic E-state index is 6.49. The number of nitrogens with one attached hydrogen (secondary N) is 1. The van der Waals surface area contributed by atoms with Gasteiger partial charge in [-0.15, -0.1) is 0 Å². The number of fused-ring (bicyclic) bond motifs is 3. The van der Waals surface area contributed by atoms with Gasteiger partial charge in [0, 0.05) is 9.49 Å². The Hall–Kier alpha value is -0.710. The molecule has 22 heavy (non-hydrogen) atoms. The van der Waals surface area contributed by atoms with Gasteiger partial charge >= 0.3 is 0 Å². The van der Waals surface area contributed by atoms with E-state index in [2.05, 4.69) is 64.3 Å². The SMILES string of the molecule is Clc1cccc([C@@H]2Nc3c(I)cccc3[C@@H]3C=CC[C@H]32)c1Cl. The van der Waals surface area contributed by atoms with Gasteiger partial charge in [-0.25, -0.2) is 0 Å². The number of hydrogen-bond acceptors (Lipinski definition) is 1. The van der Waals surface area contributed by atoms with Crippen LogP contribution < -0.4 is 5.32 Å². The Morgan fingerprint density at radius 2 is 1.82 bits per heavy atom. The number of benzene rings is 2. The number of halogens is 3. The summed E-state index contributed by atoms with van der Waals surface area (Å²) in [5.74, 6) is 0.938. The summed E-state index contributed by atoms with van der Waals surface area (Å²) in [6.07, 6.45) is 5.69. The topological polar surface area (TPSA) is 12.0 Å². The molecule has 0 unspecified atom stereocenters. The molecule has 0 aromatic heterocycles. The van der Waals surface area contributed by atoms with Crippen molar-refractivity contribution in [1.82, 2.24) is 0 Å². The molecule has 0 spiro atoms. The van der Waals surface area contributed by atoms with Crippen LogP contribution >= 0.6 is 45.8 Å². The number of hydrogen-bond donors (Lipinski definition) is 1. The molecule has 1 heterocycles. The molecular formula is C18H14Cl2IN. The molecule has 2 aromatic rings. The molecular weight excluding hydrogens is 428 g/mol. The third kappa shape index (κ3) is 2.27. The minimum absolute atomic E-state index is 0.189. The molecule has 1 aliphatic heterocycles. The van der Waals surface area contributed by atoms with Gasteiger partial charge in [-0.3, -0.25) is 0 Å². The summed E-state index contributed by atoms with van der Waals surface area (Å²) in [6, 6.07) is 12.6. The molecule has 0 radical (unpaired) electrons. The lowest BCUT2D eigenvalue weighted by Gasteiger charge is -2.38. The molecule has 2 aliphatic rings. The highest BCUT2D eigenvalue weighted by Crippen LogP contribution is 2.52. The predicted molar refractivity (Wildman–Crippen MR) is 102 cm³/mol. The van der Waals surface area contributed by atoms with E-state index in [0.717, 1.165) is 12.0 Å². The third-order valence-electron chi connectivity index (χ3n) is 4.66. The van der Waals surface area contributed by atoms with Crippen molar-refractivity contribution in [2.75, 3.05) is 5.32 Å². The van der Waals surface area contributed by atoms with Crippen molar-refractivity contribution in [2.24, 2.45) is 5.92 Å². The van der Waals surface area contributed by atoms with Crippen LogP contribution in [0.25, 0.3) is 0 Å². The van der Waals surface area contributed by atoms with Gasteiger partial charge in [0.05, 0.1) is 21.8 Å². The van der Waals surface area contributed by atoms with Crippen molar-refractivity contribution in [3.8, 4) is 0 Å². The van der Waals surface area contributed by atoms with Gasteiger partial charge in [0.1, 0.15) is 0 Å². The van der Waals surface area contributed by atoms with E-state index in [9.17, 15) is 0 Å². The fourth-order valence-corrected chi connectivity index (χ4v) is 4.75. The summed E-state index contributed by atoms with van der Waals surface area (Å²) >= 11 is 15.1. The van der Waals surface area contributed by atoms with Crippen molar-refractivity contribution in [3.63, 3.8) is 0 Å². The molecule has 0 saturated heterocycles. The number of para-hydroxylation sites is 1. The van der Waals surface area contributed by atoms with Gasteiger partial charge in [-0.1, -0.05) is 59.6 Å². The molecule has 1 N–H and O–H groups in total. The van der Waals surface area contributed by atoms with Crippen molar-refractivity contribution in [1.29, 1.82) is 0 Å². The standard InChI is InChI=1S/C18H14Cl2IN/c19-14-8-2-7-13(16(14)20)17-11-5-1-4-10(11)12-6-3-9-15(21)18(12)22-17/h1-4,6-11,17,22H,5H2/t10-,11-,17-/m1/s1. The van der Waals surface area contributed by atoms with E-state index in [4.69, 9.17) is 23.2 Å². The Balaban J connectivity index is 1.86. The molecule has 3 atom stereocenters. The van der Waals surface area contributed by atoms with Gasteiger partial charge < -0.3 is 5.32 Å². The van der Waals surface area contributed by atoms with Gasteiger partial charge in [-0.2, -0.15) is 0 Å². The van der Waals surface area contributed by atoms with E-state index in [1.54, 1.807) is 0 Å². The van der Waals surface area contributed by atoms with E-state index in [0.29, 0.717) is 21.9 Å². The van der Waals surface area contributed by atoms with Crippen LogP contribution in [0.4, 0.5) is 5.69 Å². The van der Waals surface area contributed by atoms with E-state index in [-0.39, 0.29) is 6.04 Å². The molecule has 1 aliphatic carbocycles. The fraction of sp³-hybridized carbons (Fsp3) is 0.222. The van der Waals surface area contributed by atoms with E-state index >= 15 is 0 Å². The van der Waals surface area contributed by atoms with Crippen molar-refractivity contribution in [2.45, 2.75) is 18.4 Å². The monoisotopic (exact) mass is 441 g/mol. The van der Waals surface area contributed by atoms with Crippen molar-refractivity contribution >= 4 is 51.5 Å². The lowest BCUT2D eigenvalue weighted by Crippen LogP contribution is -2.29. The maximum Gasteiger partial charge on any atom is 0.0645 e. The van der Waals surface area contributed by atoms with Crippen LogP contribution in [-0.4, -0.2) is 0 Å². The van der Waals surface area contributed by atoms with Crippen LogP contribution in [0.3, 0.4) is 0 Å². The molecule has 1 nitrogen and oxygen atoms in total. The average Bonchev–Trinajstić information content (AvgIpc) is 3.00. The highest BCUT2D eigenvalue weighted by Gasteiger charge is 2.39. The quantitative estimate of drug-likeness (QED) is 0.397. The zero-order valence-electron chi connectivity index (χ0n) is 11.7. The van der Waals surface area contributed by atoms with Gasteiger partial charge in [0.25, 0.3) is 0 Å². The van der Waals surface area contributed by atoms with Crippen LogP contribution in [0.15, 0.2) is 48.6 Å². The molecule has 112 valence electrons. The number of rotatable bonds is 1. The Bertz CT molecular complexity index is 772. The molecule has 4 heteroatoms. The lowest BCUT2D eigenvalue weighted by atomic mass is 9.77.